The average Bonchev–Trinajstić information content (AvgIpc) is 2.75. The molecule has 0 bridgehead atoms. The number of carbonyl (C=O) groups excluding carboxylic acids is 1. The molecule has 2 rings (SSSR count). The van der Waals surface area contributed by atoms with Crippen molar-refractivity contribution >= 4 is 33.2 Å². The monoisotopic (exact) mass is 316 g/mol. The molecule has 0 N–H and O–H groups in total. The topological polar surface area (TPSA) is 23.6 Å². The second kappa shape index (κ2) is 5.50. The molecule has 5 heteroatoms. The van der Waals surface area contributed by atoms with Gasteiger partial charge in [-0.3, -0.25) is 9.69 Å². The van der Waals surface area contributed by atoms with Crippen LogP contribution >= 0.6 is 27.3 Å². The highest BCUT2D eigenvalue weighted by Gasteiger charge is 2.26. The largest absolute Gasteiger partial charge is 0.336 e. The lowest BCUT2D eigenvalue weighted by molar-refractivity contribution is 0.0529. The Balaban J connectivity index is 2.02. The smallest absolute Gasteiger partial charge is 0.254 e. The second-order valence-electron chi connectivity index (χ2n) is 4.37. The van der Waals surface area contributed by atoms with Gasteiger partial charge in [0.15, 0.2) is 0 Å². The molecule has 0 aliphatic carbocycles. The summed E-state index contributed by atoms with van der Waals surface area (Å²) in [7, 11) is 0. The van der Waals surface area contributed by atoms with E-state index in [1.807, 2.05) is 16.3 Å². The van der Waals surface area contributed by atoms with Crippen molar-refractivity contribution in [3.8, 4) is 0 Å². The van der Waals surface area contributed by atoms with Gasteiger partial charge >= 0.3 is 0 Å². The first kappa shape index (κ1) is 13.1. The van der Waals surface area contributed by atoms with Crippen LogP contribution in [0.2, 0.25) is 0 Å². The van der Waals surface area contributed by atoms with Crippen molar-refractivity contribution in [2.24, 2.45) is 0 Å². The molecule has 1 aliphatic rings. The van der Waals surface area contributed by atoms with Crippen molar-refractivity contribution in [1.29, 1.82) is 0 Å². The van der Waals surface area contributed by atoms with Crippen molar-refractivity contribution in [2.75, 3.05) is 26.2 Å². The van der Waals surface area contributed by atoms with Crippen LogP contribution in [0, 0.1) is 0 Å². The molecular weight excluding hydrogens is 300 g/mol. The van der Waals surface area contributed by atoms with E-state index in [2.05, 4.69) is 34.7 Å². The molecule has 1 aromatic heterocycles. The third-order valence-electron chi connectivity index (χ3n) is 3.27. The molecule has 1 unspecified atom stereocenters. The van der Waals surface area contributed by atoms with Gasteiger partial charge in [-0.25, -0.2) is 0 Å². The number of amides is 1. The molecule has 1 saturated heterocycles. The van der Waals surface area contributed by atoms with Gasteiger partial charge in [-0.2, -0.15) is 0 Å². The summed E-state index contributed by atoms with van der Waals surface area (Å²) in [6, 6.07) is 2.36. The number of halogens is 1. The van der Waals surface area contributed by atoms with Gasteiger partial charge in [-0.1, -0.05) is 6.92 Å². The average molecular weight is 317 g/mol. The van der Waals surface area contributed by atoms with Crippen LogP contribution in [0.4, 0.5) is 0 Å². The van der Waals surface area contributed by atoms with E-state index >= 15 is 0 Å². The number of piperazine rings is 1. The minimum Gasteiger partial charge on any atom is -0.336 e. The molecule has 1 amide bonds. The lowest BCUT2D eigenvalue weighted by Crippen LogP contribution is -2.53. The maximum atomic E-state index is 12.2. The van der Waals surface area contributed by atoms with Gasteiger partial charge in [0.1, 0.15) is 0 Å². The Labute approximate surface area is 115 Å². The summed E-state index contributed by atoms with van der Waals surface area (Å²) in [5.74, 6) is 0.162. The number of thiophene rings is 1. The van der Waals surface area contributed by atoms with Crippen LogP contribution in [0.25, 0.3) is 0 Å². The van der Waals surface area contributed by atoms with Crippen molar-refractivity contribution < 1.29 is 4.79 Å². The van der Waals surface area contributed by atoms with Crippen molar-refractivity contribution in [3.05, 3.63) is 20.8 Å². The Morgan fingerprint density at radius 2 is 2.35 bits per heavy atom. The molecular formula is C12H17BrN2OS. The molecule has 0 spiro atoms. The number of carbonyl (C=O) groups is 1. The van der Waals surface area contributed by atoms with Crippen LogP contribution in [-0.2, 0) is 0 Å². The number of likely N-dealkylation sites (N-methyl/N-ethyl adjacent to an activating group) is 1. The van der Waals surface area contributed by atoms with Gasteiger partial charge in [-0.15, -0.1) is 11.3 Å². The van der Waals surface area contributed by atoms with Gasteiger partial charge in [-0.05, 0) is 35.5 Å². The van der Waals surface area contributed by atoms with Crippen LogP contribution in [-0.4, -0.2) is 47.9 Å². The predicted octanol–water partition coefficient (Wildman–Crippen LogP) is 2.68. The van der Waals surface area contributed by atoms with Gasteiger partial charge in [0, 0.05) is 31.1 Å². The lowest BCUT2D eigenvalue weighted by atomic mass is 10.1. The number of nitrogens with zero attached hydrogens (tertiary/aromatic N) is 2. The Hall–Kier alpha value is -0.390. The molecule has 1 atom stereocenters. The van der Waals surface area contributed by atoms with Gasteiger partial charge < -0.3 is 4.90 Å². The molecule has 0 saturated carbocycles. The Morgan fingerprint density at radius 1 is 1.59 bits per heavy atom. The molecule has 0 aromatic carbocycles. The first-order valence-electron chi connectivity index (χ1n) is 5.89. The first-order valence-corrected chi connectivity index (χ1v) is 7.56. The Kier molecular flexibility index (Phi) is 4.22. The summed E-state index contributed by atoms with van der Waals surface area (Å²) in [5.41, 5.74) is 0.805. The van der Waals surface area contributed by atoms with E-state index in [1.54, 1.807) is 11.3 Å². The minimum absolute atomic E-state index is 0.162. The van der Waals surface area contributed by atoms with E-state index in [9.17, 15) is 4.79 Å². The predicted molar refractivity (Wildman–Crippen MR) is 74.6 cm³/mol. The zero-order chi connectivity index (χ0) is 12.4. The normalized spacial score (nSPS) is 21.8. The summed E-state index contributed by atoms with van der Waals surface area (Å²) >= 11 is 4.96. The highest BCUT2D eigenvalue weighted by atomic mass is 79.9. The van der Waals surface area contributed by atoms with Crippen LogP contribution in [0.1, 0.15) is 24.2 Å². The third kappa shape index (κ3) is 2.89. The molecule has 3 nitrogen and oxygen atoms in total. The van der Waals surface area contributed by atoms with Crippen molar-refractivity contribution in [3.63, 3.8) is 0 Å². The van der Waals surface area contributed by atoms with Gasteiger partial charge in [0.25, 0.3) is 5.91 Å². The number of hydrogen-bond donors (Lipinski definition) is 0. The highest BCUT2D eigenvalue weighted by molar-refractivity contribution is 9.11. The third-order valence-corrected chi connectivity index (χ3v) is 4.78. The van der Waals surface area contributed by atoms with E-state index < -0.39 is 0 Å². The maximum absolute atomic E-state index is 12.2. The van der Waals surface area contributed by atoms with E-state index in [4.69, 9.17) is 0 Å². The molecule has 1 aromatic rings. The van der Waals surface area contributed by atoms with E-state index in [1.165, 1.54) is 0 Å². The zero-order valence-corrected chi connectivity index (χ0v) is 12.6. The van der Waals surface area contributed by atoms with Gasteiger partial charge in [0.05, 0.1) is 9.35 Å². The lowest BCUT2D eigenvalue weighted by Gasteiger charge is -2.39. The molecule has 17 heavy (non-hydrogen) atoms. The van der Waals surface area contributed by atoms with Crippen LogP contribution in [0.3, 0.4) is 0 Å². The number of rotatable bonds is 2. The van der Waals surface area contributed by atoms with Crippen LogP contribution < -0.4 is 0 Å². The number of hydrogen-bond acceptors (Lipinski definition) is 3. The first-order chi connectivity index (χ1) is 8.11. The molecule has 1 aliphatic heterocycles. The molecule has 1 fully saturated rings. The van der Waals surface area contributed by atoms with Crippen molar-refractivity contribution in [2.45, 2.75) is 19.9 Å². The standard InChI is InChI=1S/C12H17BrN2OS/c1-3-14-4-5-15(7-9(14)2)12(16)10-6-11(13)17-8-10/h6,8-9H,3-5,7H2,1-2H3. The molecule has 94 valence electrons. The van der Waals surface area contributed by atoms with Crippen molar-refractivity contribution in [1.82, 2.24) is 9.80 Å². The summed E-state index contributed by atoms with van der Waals surface area (Å²) in [5, 5.41) is 1.92. The fourth-order valence-corrected chi connectivity index (χ4v) is 3.38. The SMILES string of the molecule is CCN1CCN(C(=O)c2csc(Br)c2)CC1C. The zero-order valence-electron chi connectivity index (χ0n) is 10.1. The summed E-state index contributed by atoms with van der Waals surface area (Å²) < 4.78 is 1.01. The van der Waals surface area contributed by atoms with Gasteiger partial charge in [0.2, 0.25) is 0 Å². The molecule has 0 radical (unpaired) electrons. The molecule has 2 heterocycles. The maximum Gasteiger partial charge on any atom is 0.254 e. The van der Waals surface area contributed by atoms with E-state index in [0.717, 1.165) is 35.5 Å². The summed E-state index contributed by atoms with van der Waals surface area (Å²) in [6.07, 6.45) is 0. The minimum atomic E-state index is 0.162. The van der Waals surface area contributed by atoms with Crippen LogP contribution in [0.5, 0.6) is 0 Å². The second-order valence-corrected chi connectivity index (χ2v) is 6.66. The Morgan fingerprint density at radius 3 is 2.88 bits per heavy atom. The highest BCUT2D eigenvalue weighted by Crippen LogP contribution is 2.22. The van der Waals surface area contributed by atoms with E-state index in [0.29, 0.717) is 6.04 Å². The fourth-order valence-electron chi connectivity index (χ4n) is 2.25. The fraction of sp³-hybridized carbons (Fsp3) is 0.583. The van der Waals surface area contributed by atoms with E-state index in [-0.39, 0.29) is 5.91 Å². The quantitative estimate of drug-likeness (QED) is 0.837. The Bertz CT molecular complexity index is 407. The van der Waals surface area contributed by atoms with Crippen LogP contribution in [0.15, 0.2) is 15.2 Å². The summed E-state index contributed by atoms with van der Waals surface area (Å²) in [6.45, 7) is 8.07. The summed E-state index contributed by atoms with van der Waals surface area (Å²) in [4.78, 5) is 16.6.